The summed E-state index contributed by atoms with van der Waals surface area (Å²) in [5, 5.41) is 0.652. The van der Waals surface area contributed by atoms with E-state index >= 15 is 0 Å². The highest BCUT2D eigenvalue weighted by Gasteiger charge is 2.08. The minimum Gasteiger partial charge on any atom is -0.399 e. The quantitative estimate of drug-likeness (QED) is 0.659. The number of hydrogen-bond donors (Lipinski definition) is 2. The summed E-state index contributed by atoms with van der Waals surface area (Å²) in [4.78, 5) is 15.2. The van der Waals surface area contributed by atoms with Gasteiger partial charge in [0.25, 0.3) is 0 Å². The Morgan fingerprint density at radius 3 is 2.65 bits per heavy atom. The van der Waals surface area contributed by atoms with Crippen molar-refractivity contribution < 1.29 is 0 Å². The maximum absolute atomic E-state index is 6.11. The molecule has 0 aliphatic heterocycles. The van der Waals surface area contributed by atoms with E-state index in [0.29, 0.717) is 28.2 Å². The van der Waals surface area contributed by atoms with E-state index in [1.807, 2.05) is 20.2 Å². The summed E-state index contributed by atoms with van der Waals surface area (Å²) in [6.45, 7) is 0. The first-order valence-electron chi connectivity index (χ1n) is 5.81. The van der Waals surface area contributed by atoms with Gasteiger partial charge in [0.2, 0.25) is 11.9 Å². The van der Waals surface area contributed by atoms with Crippen molar-refractivity contribution in [3.8, 4) is 0 Å². The molecule has 0 atom stereocenters. The number of nitrogens with zero attached hydrogens (tertiary/aromatic N) is 4. The number of nitrogen functional groups attached to an aromatic ring is 2. The van der Waals surface area contributed by atoms with Crippen LogP contribution in [0.3, 0.4) is 0 Å². The van der Waals surface area contributed by atoms with Gasteiger partial charge in [0.1, 0.15) is 5.82 Å². The Balaban J connectivity index is 2.16. The molecule has 1 heterocycles. The maximum atomic E-state index is 6.11. The number of nitrogens with two attached hydrogens (primary N) is 2. The fraction of sp³-hybridized carbons (Fsp3) is 0.250. The minimum atomic E-state index is 0.206. The topological polar surface area (TPSA) is 94.0 Å². The first-order chi connectivity index (χ1) is 9.45. The van der Waals surface area contributed by atoms with Crippen LogP contribution in [-0.4, -0.2) is 29.0 Å². The van der Waals surface area contributed by atoms with Gasteiger partial charge in [-0.05, 0) is 18.2 Å². The van der Waals surface area contributed by atoms with Gasteiger partial charge in [-0.25, -0.2) is 0 Å². The fourth-order valence-electron chi connectivity index (χ4n) is 1.46. The Morgan fingerprint density at radius 2 is 1.95 bits per heavy atom. The van der Waals surface area contributed by atoms with E-state index in [1.165, 1.54) is 11.8 Å². The summed E-state index contributed by atoms with van der Waals surface area (Å²) in [6, 6.07) is 5.36. The molecule has 0 radical (unpaired) electrons. The Labute approximate surface area is 126 Å². The molecule has 0 fully saturated rings. The highest BCUT2D eigenvalue weighted by Crippen LogP contribution is 2.30. The molecule has 4 N–H and O–H groups in total. The van der Waals surface area contributed by atoms with Gasteiger partial charge in [0.15, 0.2) is 0 Å². The second-order valence-electron chi connectivity index (χ2n) is 4.28. The van der Waals surface area contributed by atoms with E-state index in [-0.39, 0.29) is 5.95 Å². The van der Waals surface area contributed by atoms with Gasteiger partial charge in [0, 0.05) is 24.7 Å². The number of thioether (sulfide) groups is 1. The van der Waals surface area contributed by atoms with Crippen LogP contribution in [0.25, 0.3) is 0 Å². The third-order valence-corrected chi connectivity index (χ3v) is 3.89. The summed E-state index contributed by atoms with van der Waals surface area (Å²) in [6.07, 6.45) is 0. The second-order valence-corrected chi connectivity index (χ2v) is 5.71. The van der Waals surface area contributed by atoms with Crippen molar-refractivity contribution in [1.82, 2.24) is 15.0 Å². The molecule has 0 bridgehead atoms. The molecule has 2 rings (SSSR count). The smallest absolute Gasteiger partial charge is 0.229 e. The monoisotopic (exact) mass is 310 g/mol. The van der Waals surface area contributed by atoms with Gasteiger partial charge >= 0.3 is 0 Å². The van der Waals surface area contributed by atoms with Crippen molar-refractivity contribution in [3.05, 3.63) is 29.0 Å². The normalized spacial score (nSPS) is 10.6. The van der Waals surface area contributed by atoms with Gasteiger partial charge in [0.05, 0.1) is 10.8 Å². The Hall–Kier alpha value is -1.73. The first kappa shape index (κ1) is 14.7. The molecule has 106 valence electrons. The Bertz CT molecular complexity index is 619. The van der Waals surface area contributed by atoms with Gasteiger partial charge in [-0.15, -0.1) is 11.8 Å². The Kier molecular flexibility index (Phi) is 4.51. The molecule has 0 aliphatic rings. The molecule has 1 aromatic carbocycles. The lowest BCUT2D eigenvalue weighted by Gasteiger charge is -2.11. The van der Waals surface area contributed by atoms with Crippen molar-refractivity contribution in [1.29, 1.82) is 0 Å². The highest BCUT2D eigenvalue weighted by molar-refractivity contribution is 7.98. The molecule has 20 heavy (non-hydrogen) atoms. The van der Waals surface area contributed by atoms with Crippen LogP contribution in [0, 0.1) is 0 Å². The van der Waals surface area contributed by atoms with Crippen molar-refractivity contribution in [2.24, 2.45) is 0 Å². The van der Waals surface area contributed by atoms with Crippen molar-refractivity contribution >= 4 is 40.9 Å². The number of benzene rings is 1. The molecule has 0 aliphatic carbocycles. The number of hydrogen-bond acceptors (Lipinski definition) is 7. The predicted molar refractivity (Wildman–Crippen MR) is 84.0 cm³/mol. The zero-order valence-corrected chi connectivity index (χ0v) is 12.7. The molecule has 0 spiro atoms. The lowest BCUT2D eigenvalue weighted by molar-refractivity contribution is 0.919. The molecule has 0 saturated heterocycles. The van der Waals surface area contributed by atoms with Crippen LogP contribution in [0.5, 0.6) is 0 Å². The number of aromatic nitrogens is 3. The first-order valence-corrected chi connectivity index (χ1v) is 7.17. The van der Waals surface area contributed by atoms with E-state index in [1.54, 1.807) is 17.0 Å². The second kappa shape index (κ2) is 6.15. The highest BCUT2D eigenvalue weighted by atomic mass is 35.5. The van der Waals surface area contributed by atoms with Crippen LogP contribution in [0.2, 0.25) is 5.02 Å². The van der Waals surface area contributed by atoms with E-state index in [4.69, 9.17) is 23.1 Å². The Morgan fingerprint density at radius 1 is 1.20 bits per heavy atom. The molecule has 1 aromatic heterocycles. The van der Waals surface area contributed by atoms with E-state index in [9.17, 15) is 0 Å². The van der Waals surface area contributed by atoms with Crippen LogP contribution in [-0.2, 0) is 5.75 Å². The van der Waals surface area contributed by atoms with Gasteiger partial charge < -0.3 is 16.4 Å². The molecule has 0 amide bonds. The molecular weight excluding hydrogens is 296 g/mol. The average molecular weight is 311 g/mol. The van der Waals surface area contributed by atoms with E-state index in [2.05, 4.69) is 15.0 Å². The van der Waals surface area contributed by atoms with Crippen LogP contribution < -0.4 is 16.4 Å². The molecule has 6 nitrogen and oxygen atoms in total. The predicted octanol–water partition coefficient (Wildman–Crippen LogP) is 2.05. The van der Waals surface area contributed by atoms with Gasteiger partial charge in [-0.3, -0.25) is 0 Å². The molecule has 2 aromatic rings. The zero-order chi connectivity index (χ0) is 14.7. The fourth-order valence-corrected chi connectivity index (χ4v) is 2.58. The number of anilines is 3. The number of halogens is 1. The molecule has 8 heteroatoms. The number of rotatable bonds is 4. The summed E-state index contributed by atoms with van der Waals surface area (Å²) in [5.41, 5.74) is 12.1. The summed E-state index contributed by atoms with van der Waals surface area (Å²) in [7, 11) is 3.70. The lowest BCUT2D eigenvalue weighted by Crippen LogP contribution is -2.15. The van der Waals surface area contributed by atoms with Crippen molar-refractivity contribution in [2.45, 2.75) is 10.6 Å². The van der Waals surface area contributed by atoms with Crippen LogP contribution >= 0.6 is 23.4 Å². The third-order valence-electron chi connectivity index (χ3n) is 2.40. The van der Waals surface area contributed by atoms with Crippen LogP contribution in [0.1, 0.15) is 5.82 Å². The van der Waals surface area contributed by atoms with Gasteiger partial charge in [-0.2, -0.15) is 15.0 Å². The largest absolute Gasteiger partial charge is 0.399 e. The zero-order valence-electron chi connectivity index (χ0n) is 11.2. The minimum absolute atomic E-state index is 0.206. The van der Waals surface area contributed by atoms with Crippen molar-refractivity contribution in [2.75, 3.05) is 30.5 Å². The third kappa shape index (κ3) is 3.64. The van der Waals surface area contributed by atoms with E-state index < -0.39 is 0 Å². The lowest BCUT2D eigenvalue weighted by atomic mass is 10.3. The van der Waals surface area contributed by atoms with Crippen LogP contribution in [0.15, 0.2) is 23.1 Å². The molecule has 0 unspecified atom stereocenters. The van der Waals surface area contributed by atoms with Crippen molar-refractivity contribution in [3.63, 3.8) is 0 Å². The van der Waals surface area contributed by atoms with Gasteiger partial charge in [-0.1, -0.05) is 11.6 Å². The summed E-state index contributed by atoms with van der Waals surface area (Å²) >= 11 is 7.62. The summed E-state index contributed by atoms with van der Waals surface area (Å²) in [5.74, 6) is 1.88. The van der Waals surface area contributed by atoms with E-state index in [0.717, 1.165) is 4.90 Å². The average Bonchev–Trinajstić information content (AvgIpc) is 2.39. The maximum Gasteiger partial charge on any atom is 0.229 e. The SMILES string of the molecule is CN(C)c1nc(N)nc(CSc2cc(N)ccc2Cl)n1. The summed E-state index contributed by atoms with van der Waals surface area (Å²) < 4.78 is 0. The van der Waals surface area contributed by atoms with Crippen LogP contribution in [0.4, 0.5) is 17.6 Å². The molecular formula is C12H15ClN6S. The standard InChI is InChI=1S/C12H15ClN6S/c1-19(2)12-17-10(16-11(15)18-12)6-20-9-5-7(14)3-4-8(9)13/h3-5H,6,14H2,1-2H3,(H2,15,16,17,18). The molecule has 0 saturated carbocycles.